The molecule has 5 heteroatoms. The van der Waals surface area contributed by atoms with Gasteiger partial charge >= 0.3 is 0 Å². The summed E-state index contributed by atoms with van der Waals surface area (Å²) in [5, 5.41) is 4.01. The predicted molar refractivity (Wildman–Crippen MR) is 71.5 cm³/mol. The van der Waals surface area contributed by atoms with E-state index in [-0.39, 0.29) is 5.82 Å². The fraction of sp³-hybridized carbons (Fsp3) is 0.231. The standard InChI is InChI=1S/C13H14FN3S/c1-3-15-12-8-13(17-9(2)16-12)18-11-6-4-10(14)5-7-11/h4-8H,3H2,1-2H3,(H,15,16,17). The van der Waals surface area contributed by atoms with Gasteiger partial charge in [-0.05, 0) is 38.1 Å². The van der Waals surface area contributed by atoms with Crippen molar-refractivity contribution in [2.75, 3.05) is 11.9 Å². The lowest BCUT2D eigenvalue weighted by molar-refractivity contribution is 0.626. The topological polar surface area (TPSA) is 37.8 Å². The Balaban J connectivity index is 2.20. The molecule has 0 amide bonds. The van der Waals surface area contributed by atoms with E-state index in [2.05, 4.69) is 15.3 Å². The highest BCUT2D eigenvalue weighted by Gasteiger charge is 2.03. The molecule has 0 fully saturated rings. The molecule has 0 aliphatic heterocycles. The molecule has 2 rings (SSSR count). The van der Waals surface area contributed by atoms with Crippen LogP contribution in [0.5, 0.6) is 0 Å². The molecule has 94 valence electrons. The van der Waals surface area contributed by atoms with E-state index in [9.17, 15) is 4.39 Å². The molecule has 0 bridgehead atoms. The maximum Gasteiger partial charge on any atom is 0.130 e. The van der Waals surface area contributed by atoms with Crippen LogP contribution in [-0.2, 0) is 0 Å². The minimum Gasteiger partial charge on any atom is -0.370 e. The van der Waals surface area contributed by atoms with E-state index in [1.54, 1.807) is 12.1 Å². The highest BCUT2D eigenvalue weighted by Crippen LogP contribution is 2.27. The molecule has 2 aromatic rings. The van der Waals surface area contributed by atoms with E-state index in [1.165, 1.54) is 23.9 Å². The van der Waals surface area contributed by atoms with Crippen LogP contribution in [0.15, 0.2) is 40.3 Å². The van der Waals surface area contributed by atoms with Gasteiger partial charge in [-0.15, -0.1) is 0 Å². The van der Waals surface area contributed by atoms with Crippen molar-refractivity contribution in [1.29, 1.82) is 0 Å². The molecule has 0 aliphatic rings. The van der Waals surface area contributed by atoms with Crippen LogP contribution in [0.1, 0.15) is 12.7 Å². The van der Waals surface area contributed by atoms with Crippen molar-refractivity contribution in [2.45, 2.75) is 23.8 Å². The second-order valence-electron chi connectivity index (χ2n) is 3.72. The van der Waals surface area contributed by atoms with Gasteiger partial charge in [-0.2, -0.15) is 0 Å². The quantitative estimate of drug-likeness (QED) is 0.857. The molecule has 1 aromatic carbocycles. The van der Waals surface area contributed by atoms with E-state index < -0.39 is 0 Å². The Morgan fingerprint density at radius 3 is 2.61 bits per heavy atom. The van der Waals surface area contributed by atoms with Crippen LogP contribution in [0.2, 0.25) is 0 Å². The SMILES string of the molecule is CCNc1cc(Sc2ccc(F)cc2)nc(C)n1. The molecule has 0 saturated heterocycles. The average Bonchev–Trinajstić information content (AvgIpc) is 2.32. The van der Waals surface area contributed by atoms with E-state index >= 15 is 0 Å². The third-order valence-corrected chi connectivity index (χ3v) is 3.13. The Kier molecular flexibility index (Phi) is 4.15. The first-order valence-electron chi connectivity index (χ1n) is 5.70. The van der Waals surface area contributed by atoms with Gasteiger partial charge in [0.15, 0.2) is 0 Å². The first kappa shape index (κ1) is 12.8. The van der Waals surface area contributed by atoms with Gasteiger partial charge in [0.25, 0.3) is 0 Å². The Labute approximate surface area is 110 Å². The first-order valence-corrected chi connectivity index (χ1v) is 6.52. The van der Waals surface area contributed by atoms with Crippen LogP contribution in [-0.4, -0.2) is 16.5 Å². The number of nitrogens with zero attached hydrogens (tertiary/aromatic N) is 2. The lowest BCUT2D eigenvalue weighted by Crippen LogP contribution is -2.02. The van der Waals surface area contributed by atoms with Crippen molar-refractivity contribution in [3.05, 3.63) is 42.0 Å². The molecule has 0 aliphatic carbocycles. The molecule has 0 unspecified atom stereocenters. The molecular formula is C13H14FN3S. The van der Waals surface area contributed by atoms with Crippen LogP contribution in [0.3, 0.4) is 0 Å². The maximum atomic E-state index is 12.8. The summed E-state index contributed by atoms with van der Waals surface area (Å²) in [6.07, 6.45) is 0. The Morgan fingerprint density at radius 2 is 1.94 bits per heavy atom. The summed E-state index contributed by atoms with van der Waals surface area (Å²) < 4.78 is 12.8. The van der Waals surface area contributed by atoms with Crippen LogP contribution in [0.25, 0.3) is 0 Å². The number of hydrogen-bond donors (Lipinski definition) is 1. The normalized spacial score (nSPS) is 10.4. The monoisotopic (exact) mass is 263 g/mol. The van der Waals surface area contributed by atoms with Gasteiger partial charge in [-0.3, -0.25) is 0 Å². The maximum absolute atomic E-state index is 12.8. The summed E-state index contributed by atoms with van der Waals surface area (Å²) in [6.45, 7) is 4.69. The van der Waals surface area contributed by atoms with Crippen molar-refractivity contribution >= 4 is 17.6 Å². The number of halogens is 1. The highest BCUT2D eigenvalue weighted by molar-refractivity contribution is 7.99. The fourth-order valence-electron chi connectivity index (χ4n) is 1.49. The lowest BCUT2D eigenvalue weighted by Gasteiger charge is -2.06. The molecule has 0 saturated carbocycles. The number of aryl methyl sites for hydroxylation is 1. The molecule has 0 atom stereocenters. The lowest BCUT2D eigenvalue weighted by atomic mass is 10.4. The molecule has 1 heterocycles. The van der Waals surface area contributed by atoms with Gasteiger partial charge < -0.3 is 5.32 Å². The molecule has 3 nitrogen and oxygen atoms in total. The first-order chi connectivity index (χ1) is 8.67. The number of aromatic nitrogens is 2. The van der Waals surface area contributed by atoms with E-state index in [1.807, 2.05) is 19.9 Å². The predicted octanol–water partition coefficient (Wildman–Crippen LogP) is 3.51. The highest BCUT2D eigenvalue weighted by atomic mass is 32.2. The number of rotatable bonds is 4. The summed E-state index contributed by atoms with van der Waals surface area (Å²) in [5.74, 6) is 1.30. The van der Waals surface area contributed by atoms with Gasteiger partial charge in [0.2, 0.25) is 0 Å². The zero-order valence-corrected chi connectivity index (χ0v) is 11.1. The Hall–Kier alpha value is -1.62. The Bertz CT molecular complexity index is 528. The molecule has 0 spiro atoms. The zero-order valence-electron chi connectivity index (χ0n) is 10.3. The Morgan fingerprint density at radius 1 is 1.22 bits per heavy atom. The number of nitrogens with one attached hydrogen (secondary N) is 1. The van der Waals surface area contributed by atoms with Gasteiger partial charge in [0.1, 0.15) is 22.5 Å². The average molecular weight is 263 g/mol. The summed E-state index contributed by atoms with van der Waals surface area (Å²) >= 11 is 1.49. The summed E-state index contributed by atoms with van der Waals surface area (Å²) in [5.41, 5.74) is 0. The summed E-state index contributed by atoms with van der Waals surface area (Å²) in [7, 11) is 0. The van der Waals surface area contributed by atoms with Gasteiger partial charge in [0.05, 0.1) is 0 Å². The van der Waals surface area contributed by atoms with Crippen molar-refractivity contribution < 1.29 is 4.39 Å². The van der Waals surface area contributed by atoms with E-state index in [4.69, 9.17) is 0 Å². The molecule has 1 N–H and O–H groups in total. The van der Waals surface area contributed by atoms with Gasteiger partial charge in [0, 0.05) is 17.5 Å². The summed E-state index contributed by atoms with van der Waals surface area (Å²) in [6, 6.07) is 8.27. The van der Waals surface area contributed by atoms with Crippen molar-refractivity contribution in [1.82, 2.24) is 9.97 Å². The van der Waals surface area contributed by atoms with Crippen LogP contribution < -0.4 is 5.32 Å². The molecule has 0 radical (unpaired) electrons. The second kappa shape index (κ2) is 5.82. The van der Waals surface area contributed by atoms with E-state index in [0.29, 0.717) is 0 Å². The van der Waals surface area contributed by atoms with Gasteiger partial charge in [-0.1, -0.05) is 11.8 Å². The third kappa shape index (κ3) is 3.43. The minimum absolute atomic E-state index is 0.230. The smallest absolute Gasteiger partial charge is 0.130 e. The zero-order chi connectivity index (χ0) is 13.0. The van der Waals surface area contributed by atoms with Crippen LogP contribution in [0.4, 0.5) is 10.2 Å². The second-order valence-corrected chi connectivity index (χ2v) is 4.82. The third-order valence-electron chi connectivity index (χ3n) is 2.21. The van der Waals surface area contributed by atoms with E-state index in [0.717, 1.165) is 28.1 Å². The molecule has 1 aromatic heterocycles. The minimum atomic E-state index is -0.230. The molecule has 18 heavy (non-hydrogen) atoms. The molecular weight excluding hydrogens is 249 g/mol. The van der Waals surface area contributed by atoms with Crippen molar-refractivity contribution in [3.8, 4) is 0 Å². The summed E-state index contributed by atoms with van der Waals surface area (Å²) in [4.78, 5) is 9.59. The largest absolute Gasteiger partial charge is 0.370 e. The number of anilines is 1. The van der Waals surface area contributed by atoms with Crippen molar-refractivity contribution in [2.24, 2.45) is 0 Å². The number of benzene rings is 1. The number of hydrogen-bond acceptors (Lipinski definition) is 4. The van der Waals surface area contributed by atoms with Gasteiger partial charge in [-0.25, -0.2) is 14.4 Å². The van der Waals surface area contributed by atoms with Crippen LogP contribution >= 0.6 is 11.8 Å². The fourth-order valence-corrected chi connectivity index (χ4v) is 2.35. The van der Waals surface area contributed by atoms with Crippen molar-refractivity contribution in [3.63, 3.8) is 0 Å². The van der Waals surface area contributed by atoms with Crippen LogP contribution in [0, 0.1) is 12.7 Å².